The van der Waals surface area contributed by atoms with Crippen molar-refractivity contribution in [2.75, 3.05) is 0 Å². The number of benzene rings is 1. The maximum absolute atomic E-state index is 10.7. The van der Waals surface area contributed by atoms with Crippen molar-refractivity contribution in [1.82, 2.24) is 0 Å². The number of aliphatic carboxylic acids is 2. The molecule has 0 saturated carbocycles. The molecule has 0 aromatic heterocycles. The van der Waals surface area contributed by atoms with E-state index in [4.69, 9.17) is 11.6 Å². The van der Waals surface area contributed by atoms with Crippen LogP contribution in [0.4, 0.5) is 0 Å². The molecular weight excluding hydrogens is 220 g/mol. The lowest BCUT2D eigenvalue weighted by atomic mass is 9.96. The van der Waals surface area contributed by atoms with E-state index in [9.17, 15) is 19.8 Å². The number of rotatable bonds is 4. The molecule has 0 radical (unpaired) electrons. The summed E-state index contributed by atoms with van der Waals surface area (Å²) < 4.78 is 0. The van der Waals surface area contributed by atoms with Crippen molar-refractivity contribution in [2.45, 2.75) is 12.3 Å². The number of carbonyl (C=O) groups excluding carboxylic acids is 2. The van der Waals surface area contributed by atoms with Crippen molar-refractivity contribution in [2.24, 2.45) is 0 Å². The zero-order chi connectivity index (χ0) is 11.4. The summed E-state index contributed by atoms with van der Waals surface area (Å²) >= 11 is 5.74. The van der Waals surface area contributed by atoms with Crippen LogP contribution < -0.4 is 10.2 Å². The first kappa shape index (κ1) is 11.5. The van der Waals surface area contributed by atoms with E-state index in [1.807, 2.05) is 0 Å². The Hall–Kier alpha value is -1.55. The second kappa shape index (κ2) is 4.79. The predicted molar refractivity (Wildman–Crippen MR) is 48.8 cm³/mol. The average molecular weight is 227 g/mol. The fraction of sp³-hybridized carbons (Fsp3) is 0.200. The molecule has 0 N–H and O–H groups in total. The average Bonchev–Trinajstić information content (AvgIpc) is 2.15. The Balaban J connectivity index is 3.04. The minimum absolute atomic E-state index is 0.202. The van der Waals surface area contributed by atoms with Crippen LogP contribution >= 0.6 is 11.6 Å². The van der Waals surface area contributed by atoms with Gasteiger partial charge in [-0.25, -0.2) is 0 Å². The van der Waals surface area contributed by atoms with Crippen LogP contribution in [0, 0.1) is 0 Å². The van der Waals surface area contributed by atoms with Gasteiger partial charge >= 0.3 is 0 Å². The first-order valence-corrected chi connectivity index (χ1v) is 4.55. The smallest absolute Gasteiger partial charge is 0.0493 e. The van der Waals surface area contributed by atoms with Crippen molar-refractivity contribution in [1.29, 1.82) is 0 Å². The highest BCUT2D eigenvalue weighted by Gasteiger charge is 2.15. The molecule has 0 unspecified atom stereocenters. The van der Waals surface area contributed by atoms with Gasteiger partial charge in [0.25, 0.3) is 0 Å². The molecular formula is C10H7ClO4-2. The van der Waals surface area contributed by atoms with Gasteiger partial charge in [0.2, 0.25) is 0 Å². The third-order valence-electron chi connectivity index (χ3n) is 1.94. The van der Waals surface area contributed by atoms with E-state index in [1.54, 1.807) is 12.1 Å². The molecule has 0 heterocycles. The van der Waals surface area contributed by atoms with Gasteiger partial charge in [-0.2, -0.15) is 0 Å². The molecule has 4 nitrogen and oxygen atoms in total. The number of hydrogen-bond acceptors (Lipinski definition) is 4. The van der Waals surface area contributed by atoms with Crippen molar-refractivity contribution in [3.8, 4) is 0 Å². The molecule has 0 spiro atoms. The van der Waals surface area contributed by atoms with Crippen LogP contribution in [0.3, 0.4) is 0 Å². The Morgan fingerprint density at radius 2 is 1.87 bits per heavy atom. The van der Waals surface area contributed by atoms with E-state index in [0.717, 1.165) is 0 Å². The Labute approximate surface area is 91.1 Å². The third-order valence-corrected chi connectivity index (χ3v) is 2.28. The van der Waals surface area contributed by atoms with E-state index in [2.05, 4.69) is 0 Å². The standard InChI is InChI=1S/C10H9ClO4/c11-8-4-2-1-3-6(8)7(10(14)15)5-9(12)13/h1-4,7H,5H2,(H,12,13)(H,14,15)/p-2/t7-/m1/s1. The van der Waals surface area contributed by atoms with Crippen molar-refractivity contribution < 1.29 is 19.8 Å². The molecule has 1 aromatic rings. The summed E-state index contributed by atoms with van der Waals surface area (Å²) in [5.74, 6) is -4.21. The highest BCUT2D eigenvalue weighted by atomic mass is 35.5. The monoisotopic (exact) mass is 226 g/mol. The summed E-state index contributed by atoms with van der Waals surface area (Å²) in [6.07, 6.45) is -0.647. The van der Waals surface area contributed by atoms with E-state index in [-0.39, 0.29) is 10.6 Å². The van der Waals surface area contributed by atoms with Gasteiger partial charge < -0.3 is 19.8 Å². The highest BCUT2D eigenvalue weighted by Crippen LogP contribution is 2.26. The second-order valence-electron chi connectivity index (χ2n) is 2.97. The third kappa shape index (κ3) is 2.95. The van der Waals surface area contributed by atoms with E-state index in [0.29, 0.717) is 0 Å². The molecule has 0 fully saturated rings. The Morgan fingerprint density at radius 1 is 1.27 bits per heavy atom. The maximum Gasteiger partial charge on any atom is 0.0493 e. The van der Waals surface area contributed by atoms with E-state index >= 15 is 0 Å². The van der Waals surface area contributed by atoms with Crippen molar-refractivity contribution >= 4 is 23.5 Å². The Bertz CT molecular complexity index is 389. The van der Waals surface area contributed by atoms with Gasteiger partial charge in [0.1, 0.15) is 0 Å². The van der Waals surface area contributed by atoms with Crippen LogP contribution in [0.15, 0.2) is 24.3 Å². The molecule has 0 saturated heterocycles. The van der Waals surface area contributed by atoms with Gasteiger partial charge in [-0.3, -0.25) is 0 Å². The SMILES string of the molecule is O=C([O-])C[C@@H](C(=O)[O-])c1ccccc1Cl. The summed E-state index contributed by atoms with van der Waals surface area (Å²) in [6, 6.07) is 6.14. The molecule has 1 atom stereocenters. The zero-order valence-corrected chi connectivity index (χ0v) is 8.36. The number of hydrogen-bond donors (Lipinski definition) is 0. The fourth-order valence-electron chi connectivity index (χ4n) is 1.24. The first-order chi connectivity index (χ1) is 7.02. The van der Waals surface area contributed by atoms with Crippen molar-refractivity contribution in [3.05, 3.63) is 34.9 Å². The van der Waals surface area contributed by atoms with Crippen LogP contribution in [0.25, 0.3) is 0 Å². The summed E-state index contributed by atoms with van der Waals surface area (Å²) in [6.45, 7) is 0. The zero-order valence-electron chi connectivity index (χ0n) is 7.60. The summed E-state index contributed by atoms with van der Waals surface area (Å²) in [4.78, 5) is 21.1. The number of halogens is 1. The molecule has 0 aliphatic carbocycles. The summed E-state index contributed by atoms with van der Waals surface area (Å²) in [5.41, 5.74) is 0.225. The molecule has 0 aliphatic heterocycles. The van der Waals surface area contributed by atoms with E-state index < -0.39 is 24.3 Å². The van der Waals surface area contributed by atoms with Gasteiger partial charge in [0.15, 0.2) is 0 Å². The van der Waals surface area contributed by atoms with Crippen LogP contribution in [-0.2, 0) is 9.59 Å². The molecule has 80 valence electrons. The van der Waals surface area contributed by atoms with Gasteiger partial charge in [0.05, 0.1) is 0 Å². The van der Waals surface area contributed by atoms with Gasteiger partial charge in [-0.1, -0.05) is 29.8 Å². The second-order valence-corrected chi connectivity index (χ2v) is 3.38. The minimum atomic E-state index is -1.48. The fourth-order valence-corrected chi connectivity index (χ4v) is 1.51. The first-order valence-electron chi connectivity index (χ1n) is 4.17. The summed E-state index contributed by atoms with van der Waals surface area (Å²) in [7, 11) is 0. The normalized spacial score (nSPS) is 12.1. The van der Waals surface area contributed by atoms with Crippen molar-refractivity contribution in [3.63, 3.8) is 0 Å². The lowest BCUT2D eigenvalue weighted by Gasteiger charge is -2.19. The van der Waals surface area contributed by atoms with Gasteiger partial charge in [0, 0.05) is 22.9 Å². The number of carboxylic acid groups (broad SMARTS) is 2. The molecule has 15 heavy (non-hydrogen) atoms. The predicted octanol–water partition coefficient (Wildman–Crippen LogP) is -0.686. The number of carbonyl (C=O) groups is 2. The molecule has 5 heteroatoms. The topological polar surface area (TPSA) is 80.3 Å². The highest BCUT2D eigenvalue weighted by molar-refractivity contribution is 6.31. The quantitative estimate of drug-likeness (QED) is 0.681. The lowest BCUT2D eigenvalue weighted by molar-refractivity contribution is -0.317. The Kier molecular flexibility index (Phi) is 3.68. The largest absolute Gasteiger partial charge is 0.550 e. The van der Waals surface area contributed by atoms with Gasteiger partial charge in [-0.15, -0.1) is 0 Å². The minimum Gasteiger partial charge on any atom is -0.550 e. The maximum atomic E-state index is 10.7. The molecule has 0 aliphatic rings. The molecule has 1 rings (SSSR count). The summed E-state index contributed by atoms with van der Waals surface area (Å²) in [5, 5.41) is 21.3. The molecule has 1 aromatic carbocycles. The molecule has 0 bridgehead atoms. The van der Waals surface area contributed by atoms with Crippen LogP contribution in [0.2, 0.25) is 5.02 Å². The van der Waals surface area contributed by atoms with Gasteiger partial charge in [-0.05, 0) is 18.1 Å². The van der Waals surface area contributed by atoms with Crippen LogP contribution in [0.1, 0.15) is 17.9 Å². The lowest BCUT2D eigenvalue weighted by Crippen LogP contribution is -2.34. The molecule has 0 amide bonds. The van der Waals surface area contributed by atoms with Crippen LogP contribution in [-0.4, -0.2) is 11.9 Å². The number of carboxylic acids is 2. The van der Waals surface area contributed by atoms with Crippen LogP contribution in [0.5, 0.6) is 0 Å². The van der Waals surface area contributed by atoms with E-state index in [1.165, 1.54) is 12.1 Å². The Morgan fingerprint density at radius 3 is 2.33 bits per heavy atom.